The standard InChI is InChI=1S/C12H11NO2/c1-2-9(12(14)15)7-10-5-3-4-6-11(10)8-13/h2-6,9H,1,7H2,(H,14,15). The second-order valence-corrected chi connectivity index (χ2v) is 3.15. The van der Waals surface area contributed by atoms with E-state index in [-0.39, 0.29) is 0 Å². The third-order valence-electron chi connectivity index (χ3n) is 2.18. The van der Waals surface area contributed by atoms with Gasteiger partial charge < -0.3 is 5.11 Å². The molecule has 1 unspecified atom stereocenters. The van der Waals surface area contributed by atoms with Crippen LogP contribution in [0.5, 0.6) is 0 Å². The molecule has 0 fully saturated rings. The predicted molar refractivity (Wildman–Crippen MR) is 56.2 cm³/mol. The fraction of sp³-hybridized carbons (Fsp3) is 0.167. The lowest BCUT2D eigenvalue weighted by molar-refractivity contribution is -0.140. The van der Waals surface area contributed by atoms with Gasteiger partial charge in [-0.3, -0.25) is 4.79 Å². The summed E-state index contributed by atoms with van der Waals surface area (Å²) < 4.78 is 0. The zero-order valence-electron chi connectivity index (χ0n) is 8.18. The molecular formula is C12H11NO2. The number of benzene rings is 1. The Balaban J connectivity index is 2.93. The highest BCUT2D eigenvalue weighted by Crippen LogP contribution is 2.14. The second kappa shape index (κ2) is 4.97. The van der Waals surface area contributed by atoms with Crippen molar-refractivity contribution in [2.75, 3.05) is 0 Å². The van der Waals surface area contributed by atoms with E-state index in [1.165, 1.54) is 6.08 Å². The maximum absolute atomic E-state index is 10.8. The Hall–Kier alpha value is -2.08. The van der Waals surface area contributed by atoms with E-state index < -0.39 is 11.9 Å². The molecule has 76 valence electrons. The van der Waals surface area contributed by atoms with Gasteiger partial charge in [-0.2, -0.15) is 5.26 Å². The van der Waals surface area contributed by atoms with Crippen LogP contribution in [-0.2, 0) is 11.2 Å². The zero-order valence-corrected chi connectivity index (χ0v) is 8.18. The van der Waals surface area contributed by atoms with E-state index in [0.29, 0.717) is 12.0 Å². The van der Waals surface area contributed by atoms with Crippen molar-refractivity contribution in [3.63, 3.8) is 0 Å². The van der Waals surface area contributed by atoms with Crippen molar-refractivity contribution in [2.24, 2.45) is 5.92 Å². The van der Waals surface area contributed by atoms with Gasteiger partial charge >= 0.3 is 5.97 Å². The third-order valence-corrected chi connectivity index (χ3v) is 2.18. The number of rotatable bonds is 4. The molecule has 1 aromatic rings. The Morgan fingerprint density at radius 1 is 1.60 bits per heavy atom. The Labute approximate surface area is 88.3 Å². The fourth-order valence-electron chi connectivity index (χ4n) is 1.32. The first-order chi connectivity index (χ1) is 7.19. The van der Waals surface area contributed by atoms with Crippen molar-refractivity contribution in [3.05, 3.63) is 48.0 Å². The predicted octanol–water partition coefficient (Wildman–Crippen LogP) is 1.99. The quantitative estimate of drug-likeness (QED) is 0.758. The monoisotopic (exact) mass is 201 g/mol. The highest BCUT2D eigenvalue weighted by atomic mass is 16.4. The number of nitrogens with zero attached hydrogens (tertiary/aromatic N) is 1. The van der Waals surface area contributed by atoms with Crippen LogP contribution >= 0.6 is 0 Å². The van der Waals surface area contributed by atoms with Crippen LogP contribution in [0.3, 0.4) is 0 Å². The SMILES string of the molecule is C=CC(Cc1ccccc1C#N)C(=O)O. The van der Waals surface area contributed by atoms with Crippen LogP contribution < -0.4 is 0 Å². The first-order valence-electron chi connectivity index (χ1n) is 4.52. The number of nitriles is 1. The minimum Gasteiger partial charge on any atom is -0.481 e. The summed E-state index contributed by atoms with van der Waals surface area (Å²) in [5.74, 6) is -1.56. The molecule has 1 N–H and O–H groups in total. The van der Waals surface area contributed by atoms with Gasteiger partial charge in [0.15, 0.2) is 0 Å². The van der Waals surface area contributed by atoms with Crippen LogP contribution in [0.2, 0.25) is 0 Å². The minimum absolute atomic E-state index is 0.308. The van der Waals surface area contributed by atoms with Gasteiger partial charge in [-0.15, -0.1) is 6.58 Å². The molecule has 15 heavy (non-hydrogen) atoms. The summed E-state index contributed by atoms with van der Waals surface area (Å²) in [5, 5.41) is 17.7. The molecule has 3 heteroatoms. The van der Waals surface area contributed by atoms with Crippen molar-refractivity contribution in [1.82, 2.24) is 0 Å². The van der Waals surface area contributed by atoms with Crippen LogP contribution in [0.4, 0.5) is 0 Å². The largest absolute Gasteiger partial charge is 0.481 e. The van der Waals surface area contributed by atoms with E-state index in [0.717, 1.165) is 5.56 Å². The molecule has 0 bridgehead atoms. The van der Waals surface area contributed by atoms with Gasteiger partial charge in [-0.05, 0) is 18.1 Å². The van der Waals surface area contributed by atoms with Crippen LogP contribution in [0.1, 0.15) is 11.1 Å². The average molecular weight is 201 g/mol. The Kier molecular flexibility index (Phi) is 3.64. The van der Waals surface area contributed by atoms with E-state index in [1.54, 1.807) is 24.3 Å². The van der Waals surface area contributed by atoms with E-state index in [9.17, 15) is 4.79 Å². The molecule has 1 aromatic carbocycles. The lowest BCUT2D eigenvalue weighted by atomic mass is 9.96. The van der Waals surface area contributed by atoms with Crippen molar-refractivity contribution in [3.8, 4) is 6.07 Å². The molecular weight excluding hydrogens is 190 g/mol. The molecule has 0 aromatic heterocycles. The van der Waals surface area contributed by atoms with Crippen LogP contribution in [-0.4, -0.2) is 11.1 Å². The highest BCUT2D eigenvalue weighted by Gasteiger charge is 2.15. The van der Waals surface area contributed by atoms with Gasteiger partial charge in [-0.25, -0.2) is 0 Å². The highest BCUT2D eigenvalue weighted by molar-refractivity contribution is 5.72. The average Bonchev–Trinajstić information content (AvgIpc) is 2.25. The lowest BCUT2D eigenvalue weighted by Gasteiger charge is -2.08. The number of carbonyl (C=O) groups is 1. The van der Waals surface area contributed by atoms with E-state index in [2.05, 4.69) is 6.58 Å². The number of hydrogen-bond donors (Lipinski definition) is 1. The molecule has 0 heterocycles. The molecule has 0 aliphatic carbocycles. The third kappa shape index (κ3) is 2.68. The van der Waals surface area contributed by atoms with Gasteiger partial charge in [0.25, 0.3) is 0 Å². The van der Waals surface area contributed by atoms with Crippen LogP contribution in [0, 0.1) is 17.2 Å². The summed E-state index contributed by atoms with van der Waals surface area (Å²) in [4.78, 5) is 10.8. The summed E-state index contributed by atoms with van der Waals surface area (Å²) >= 11 is 0. The summed E-state index contributed by atoms with van der Waals surface area (Å²) in [6, 6.07) is 9.02. The van der Waals surface area contributed by atoms with Gasteiger partial charge in [0.05, 0.1) is 17.6 Å². The zero-order chi connectivity index (χ0) is 11.3. The minimum atomic E-state index is -0.919. The fourth-order valence-corrected chi connectivity index (χ4v) is 1.32. The molecule has 0 saturated heterocycles. The summed E-state index contributed by atoms with van der Waals surface area (Å²) in [6.45, 7) is 3.47. The molecule has 3 nitrogen and oxygen atoms in total. The maximum atomic E-state index is 10.8. The van der Waals surface area contributed by atoms with Crippen LogP contribution in [0.15, 0.2) is 36.9 Å². The van der Waals surface area contributed by atoms with Crippen molar-refractivity contribution in [2.45, 2.75) is 6.42 Å². The summed E-state index contributed by atoms with van der Waals surface area (Å²) in [7, 11) is 0. The molecule has 1 atom stereocenters. The van der Waals surface area contributed by atoms with Gasteiger partial charge in [-0.1, -0.05) is 24.3 Å². The second-order valence-electron chi connectivity index (χ2n) is 3.15. The lowest BCUT2D eigenvalue weighted by Crippen LogP contribution is -2.14. The number of carboxylic acids is 1. The van der Waals surface area contributed by atoms with Crippen molar-refractivity contribution >= 4 is 5.97 Å². The van der Waals surface area contributed by atoms with Crippen LogP contribution in [0.25, 0.3) is 0 Å². The topological polar surface area (TPSA) is 61.1 Å². The molecule has 0 saturated carbocycles. The van der Waals surface area contributed by atoms with Gasteiger partial charge in [0, 0.05) is 0 Å². The Morgan fingerprint density at radius 2 is 2.27 bits per heavy atom. The molecule has 0 spiro atoms. The molecule has 0 aliphatic rings. The van der Waals surface area contributed by atoms with Crippen molar-refractivity contribution < 1.29 is 9.90 Å². The Bertz CT molecular complexity index is 418. The maximum Gasteiger partial charge on any atom is 0.310 e. The molecule has 1 rings (SSSR count). The summed E-state index contributed by atoms with van der Waals surface area (Å²) in [6.07, 6.45) is 1.69. The first kappa shape index (κ1) is 11.0. The normalized spacial score (nSPS) is 11.4. The number of carboxylic acid groups (broad SMARTS) is 1. The van der Waals surface area contributed by atoms with E-state index in [4.69, 9.17) is 10.4 Å². The van der Waals surface area contributed by atoms with Gasteiger partial charge in [0.2, 0.25) is 0 Å². The molecule has 0 aliphatic heterocycles. The van der Waals surface area contributed by atoms with E-state index in [1.807, 2.05) is 6.07 Å². The van der Waals surface area contributed by atoms with Gasteiger partial charge in [0.1, 0.15) is 0 Å². The number of hydrogen-bond acceptors (Lipinski definition) is 2. The van der Waals surface area contributed by atoms with Crippen molar-refractivity contribution in [1.29, 1.82) is 5.26 Å². The summed E-state index contributed by atoms with van der Waals surface area (Å²) in [5.41, 5.74) is 1.26. The first-order valence-corrected chi connectivity index (χ1v) is 4.52. The molecule has 0 amide bonds. The smallest absolute Gasteiger partial charge is 0.310 e. The number of aliphatic carboxylic acids is 1. The van der Waals surface area contributed by atoms with E-state index >= 15 is 0 Å². The molecule has 0 radical (unpaired) electrons. The Morgan fingerprint density at radius 3 is 2.80 bits per heavy atom.